The molecule has 1 heterocycles. The highest BCUT2D eigenvalue weighted by Gasteiger charge is 2.18. The second-order valence-corrected chi connectivity index (χ2v) is 5.90. The summed E-state index contributed by atoms with van der Waals surface area (Å²) in [5.74, 6) is 1.53. The van der Waals surface area contributed by atoms with Crippen LogP contribution in [0.3, 0.4) is 0 Å². The lowest BCUT2D eigenvalue weighted by Crippen LogP contribution is -2.38. The van der Waals surface area contributed by atoms with Crippen molar-refractivity contribution in [2.24, 2.45) is 5.92 Å². The molecule has 0 radical (unpaired) electrons. The molecule has 2 atom stereocenters. The van der Waals surface area contributed by atoms with Crippen molar-refractivity contribution in [2.75, 3.05) is 20.2 Å². The Morgan fingerprint density at radius 3 is 3.00 bits per heavy atom. The zero-order chi connectivity index (χ0) is 15.1. The van der Waals surface area contributed by atoms with Gasteiger partial charge in [-0.25, -0.2) is 0 Å². The molecule has 1 aliphatic rings. The Bertz CT molecular complexity index is 456. The molecule has 0 saturated carbocycles. The van der Waals surface area contributed by atoms with Gasteiger partial charge in [0.1, 0.15) is 5.75 Å². The zero-order valence-electron chi connectivity index (χ0n) is 13.0. The van der Waals surface area contributed by atoms with Gasteiger partial charge in [0.05, 0.1) is 7.11 Å². The van der Waals surface area contributed by atoms with Crippen molar-refractivity contribution < 1.29 is 9.53 Å². The molecule has 21 heavy (non-hydrogen) atoms. The van der Waals surface area contributed by atoms with Gasteiger partial charge in [-0.2, -0.15) is 0 Å². The SMILES string of the molecule is COc1ccccc1CC(C)NC(=O)CC1CCCNC1. The molecule has 0 spiro atoms. The largest absolute Gasteiger partial charge is 0.496 e. The fraction of sp³-hybridized carbons (Fsp3) is 0.588. The molecule has 116 valence electrons. The van der Waals surface area contributed by atoms with E-state index >= 15 is 0 Å². The quantitative estimate of drug-likeness (QED) is 0.844. The van der Waals surface area contributed by atoms with Crippen molar-refractivity contribution in [3.05, 3.63) is 29.8 Å². The molecule has 4 heteroatoms. The monoisotopic (exact) mass is 290 g/mol. The minimum Gasteiger partial charge on any atom is -0.496 e. The second-order valence-electron chi connectivity index (χ2n) is 5.90. The first-order valence-corrected chi connectivity index (χ1v) is 7.81. The molecule has 0 aromatic heterocycles. The van der Waals surface area contributed by atoms with Crippen LogP contribution >= 0.6 is 0 Å². The topological polar surface area (TPSA) is 50.4 Å². The van der Waals surface area contributed by atoms with Crippen molar-refractivity contribution >= 4 is 5.91 Å². The van der Waals surface area contributed by atoms with Crippen LogP contribution in [0.1, 0.15) is 31.7 Å². The van der Waals surface area contributed by atoms with E-state index in [1.165, 1.54) is 6.42 Å². The van der Waals surface area contributed by atoms with Crippen molar-refractivity contribution in [2.45, 2.75) is 38.6 Å². The van der Waals surface area contributed by atoms with Gasteiger partial charge in [0.25, 0.3) is 0 Å². The standard InChI is InChI=1S/C17H26N2O2/c1-13(10-15-7-3-4-8-16(15)21-2)19-17(20)11-14-6-5-9-18-12-14/h3-4,7-8,13-14,18H,5-6,9-12H2,1-2H3,(H,19,20). The van der Waals surface area contributed by atoms with Gasteiger partial charge in [-0.15, -0.1) is 0 Å². The number of hydrogen-bond acceptors (Lipinski definition) is 3. The first-order chi connectivity index (χ1) is 10.2. The third-order valence-electron chi connectivity index (χ3n) is 4.00. The van der Waals surface area contributed by atoms with E-state index in [1.54, 1.807) is 7.11 Å². The number of amides is 1. The number of carbonyl (C=O) groups is 1. The van der Waals surface area contributed by atoms with Crippen molar-refractivity contribution in [1.82, 2.24) is 10.6 Å². The summed E-state index contributed by atoms with van der Waals surface area (Å²) in [7, 11) is 1.68. The molecule has 4 nitrogen and oxygen atoms in total. The Morgan fingerprint density at radius 2 is 2.29 bits per heavy atom. The summed E-state index contributed by atoms with van der Waals surface area (Å²) in [4.78, 5) is 12.1. The molecular weight excluding hydrogens is 264 g/mol. The smallest absolute Gasteiger partial charge is 0.220 e. The molecule has 1 aliphatic heterocycles. The Labute approximate surface area is 127 Å². The Kier molecular flexibility index (Phi) is 6.05. The van der Waals surface area contributed by atoms with E-state index < -0.39 is 0 Å². The van der Waals surface area contributed by atoms with Gasteiger partial charge >= 0.3 is 0 Å². The van der Waals surface area contributed by atoms with Gasteiger partial charge in [0.15, 0.2) is 0 Å². The summed E-state index contributed by atoms with van der Waals surface area (Å²) in [6, 6.07) is 8.08. The molecule has 2 unspecified atom stereocenters. The highest BCUT2D eigenvalue weighted by atomic mass is 16.5. The first-order valence-electron chi connectivity index (χ1n) is 7.81. The van der Waals surface area contributed by atoms with E-state index in [1.807, 2.05) is 31.2 Å². The average Bonchev–Trinajstić information content (AvgIpc) is 2.48. The Hall–Kier alpha value is -1.55. The molecule has 1 aromatic rings. The summed E-state index contributed by atoms with van der Waals surface area (Å²) in [6.45, 7) is 4.10. The molecule has 0 bridgehead atoms. The number of piperidine rings is 1. The Balaban J connectivity index is 1.80. The summed E-state index contributed by atoms with van der Waals surface area (Å²) >= 11 is 0. The maximum absolute atomic E-state index is 12.1. The first kappa shape index (κ1) is 15.8. The normalized spacial score (nSPS) is 19.8. The predicted octanol–water partition coefficient (Wildman–Crippen LogP) is 2.13. The van der Waals surface area contributed by atoms with Crippen LogP contribution in [-0.4, -0.2) is 32.1 Å². The molecule has 2 rings (SSSR count). The molecule has 0 aliphatic carbocycles. The number of rotatable bonds is 6. The van der Waals surface area contributed by atoms with Gasteiger partial charge in [0.2, 0.25) is 5.91 Å². The molecule has 1 amide bonds. The van der Waals surface area contributed by atoms with E-state index in [0.717, 1.165) is 37.2 Å². The van der Waals surface area contributed by atoms with E-state index in [2.05, 4.69) is 10.6 Å². The minimum absolute atomic E-state index is 0.116. The minimum atomic E-state index is 0.116. The maximum atomic E-state index is 12.1. The van der Waals surface area contributed by atoms with Crippen LogP contribution in [-0.2, 0) is 11.2 Å². The lowest BCUT2D eigenvalue weighted by atomic mass is 9.95. The zero-order valence-corrected chi connectivity index (χ0v) is 13.0. The van der Waals surface area contributed by atoms with Gasteiger partial charge in [-0.3, -0.25) is 4.79 Å². The third-order valence-corrected chi connectivity index (χ3v) is 4.00. The van der Waals surface area contributed by atoms with E-state index in [0.29, 0.717) is 12.3 Å². The fourth-order valence-electron chi connectivity index (χ4n) is 2.95. The summed E-state index contributed by atoms with van der Waals surface area (Å²) in [5, 5.41) is 6.46. The lowest BCUT2D eigenvalue weighted by molar-refractivity contribution is -0.122. The van der Waals surface area contributed by atoms with Gasteiger partial charge in [-0.1, -0.05) is 18.2 Å². The van der Waals surface area contributed by atoms with Gasteiger partial charge in [-0.05, 0) is 56.8 Å². The Morgan fingerprint density at radius 1 is 1.48 bits per heavy atom. The predicted molar refractivity (Wildman–Crippen MR) is 84.5 cm³/mol. The molecule has 1 saturated heterocycles. The van der Waals surface area contributed by atoms with Crippen LogP contribution in [0, 0.1) is 5.92 Å². The number of ether oxygens (including phenoxy) is 1. The maximum Gasteiger partial charge on any atom is 0.220 e. The number of benzene rings is 1. The van der Waals surface area contributed by atoms with Crippen LogP contribution in [0.25, 0.3) is 0 Å². The number of carbonyl (C=O) groups excluding carboxylic acids is 1. The number of hydrogen-bond donors (Lipinski definition) is 2. The van der Waals surface area contributed by atoms with Crippen LogP contribution in [0.15, 0.2) is 24.3 Å². The van der Waals surface area contributed by atoms with E-state index in [9.17, 15) is 4.79 Å². The highest BCUT2D eigenvalue weighted by molar-refractivity contribution is 5.76. The fourth-order valence-corrected chi connectivity index (χ4v) is 2.95. The third kappa shape index (κ3) is 5.05. The average molecular weight is 290 g/mol. The van der Waals surface area contributed by atoms with Crippen molar-refractivity contribution in [3.8, 4) is 5.75 Å². The summed E-state index contributed by atoms with van der Waals surface area (Å²) in [6.07, 6.45) is 3.75. The van der Waals surface area contributed by atoms with Crippen LogP contribution < -0.4 is 15.4 Å². The molecule has 2 N–H and O–H groups in total. The second kappa shape index (κ2) is 8.03. The number of methoxy groups -OCH3 is 1. The van der Waals surface area contributed by atoms with Crippen molar-refractivity contribution in [1.29, 1.82) is 0 Å². The molecule has 1 aromatic carbocycles. The van der Waals surface area contributed by atoms with Crippen molar-refractivity contribution in [3.63, 3.8) is 0 Å². The number of para-hydroxylation sites is 1. The van der Waals surface area contributed by atoms with Crippen LogP contribution in [0.5, 0.6) is 5.75 Å². The van der Waals surface area contributed by atoms with E-state index in [-0.39, 0.29) is 11.9 Å². The van der Waals surface area contributed by atoms with Crippen LogP contribution in [0.4, 0.5) is 0 Å². The summed E-state index contributed by atoms with van der Waals surface area (Å²) in [5.41, 5.74) is 1.13. The molecule has 1 fully saturated rings. The van der Waals surface area contributed by atoms with E-state index in [4.69, 9.17) is 4.74 Å². The molecular formula is C17H26N2O2. The number of nitrogens with one attached hydrogen (secondary N) is 2. The van der Waals surface area contributed by atoms with Crippen LogP contribution in [0.2, 0.25) is 0 Å². The van der Waals surface area contributed by atoms with Gasteiger partial charge in [0, 0.05) is 12.5 Å². The highest BCUT2D eigenvalue weighted by Crippen LogP contribution is 2.19. The lowest BCUT2D eigenvalue weighted by Gasteiger charge is -2.23. The van der Waals surface area contributed by atoms with Gasteiger partial charge < -0.3 is 15.4 Å². The summed E-state index contributed by atoms with van der Waals surface area (Å²) < 4.78 is 5.35.